The van der Waals surface area contributed by atoms with Crippen molar-refractivity contribution in [3.05, 3.63) is 35.9 Å². The molecule has 5 heteroatoms. The maximum absolute atomic E-state index is 13.3. The van der Waals surface area contributed by atoms with E-state index in [-0.39, 0.29) is 17.4 Å². The van der Waals surface area contributed by atoms with Gasteiger partial charge in [-0.1, -0.05) is 18.9 Å². The Morgan fingerprint density at radius 2 is 2.00 bits per heavy atom. The van der Waals surface area contributed by atoms with E-state index in [0.717, 1.165) is 37.3 Å². The molecule has 1 aromatic carbocycles. The normalized spacial score (nSPS) is 23.4. The van der Waals surface area contributed by atoms with Crippen LogP contribution in [0.25, 0.3) is 0 Å². The molecule has 2 atom stereocenters. The summed E-state index contributed by atoms with van der Waals surface area (Å²) in [6, 6.07) is 4.30. The molecule has 1 aliphatic carbocycles. The third-order valence-electron chi connectivity index (χ3n) is 6.56. The van der Waals surface area contributed by atoms with Gasteiger partial charge < -0.3 is 19.1 Å². The van der Waals surface area contributed by atoms with Gasteiger partial charge in [-0.3, -0.25) is 4.79 Å². The lowest BCUT2D eigenvalue weighted by atomic mass is 9.71. The zero-order valence-corrected chi connectivity index (χ0v) is 17.0. The SMILES string of the molecule is C=CCCO[C@H](C)C(=O)N1CC2(CCCC2)c2cc3c(cc2[C@@H]1C)OCCO3. The van der Waals surface area contributed by atoms with Gasteiger partial charge in [-0.15, -0.1) is 6.58 Å². The highest BCUT2D eigenvalue weighted by Crippen LogP contribution is 2.52. The van der Waals surface area contributed by atoms with Crippen LogP contribution in [-0.4, -0.2) is 43.3 Å². The molecule has 0 aromatic heterocycles. The standard InChI is InChI=1S/C23H31NO4/c1-4-5-10-26-17(3)22(25)24-15-23(8-6-7-9-23)19-14-21-20(27-11-12-28-21)13-18(19)16(24)2/h4,13-14,16-17H,1,5-12,15H2,2-3H3/t16-,17+/m0/s1. The van der Waals surface area contributed by atoms with Gasteiger partial charge in [-0.25, -0.2) is 0 Å². The lowest BCUT2D eigenvalue weighted by Crippen LogP contribution is -2.51. The number of nitrogens with zero attached hydrogens (tertiary/aromatic N) is 1. The number of benzene rings is 1. The first-order chi connectivity index (χ1) is 13.6. The van der Waals surface area contributed by atoms with Crippen LogP contribution < -0.4 is 9.47 Å². The van der Waals surface area contributed by atoms with E-state index in [1.165, 1.54) is 24.0 Å². The van der Waals surface area contributed by atoms with Crippen LogP contribution in [0.1, 0.15) is 63.1 Å². The Kier molecular flexibility index (Phi) is 5.37. The van der Waals surface area contributed by atoms with Crippen molar-refractivity contribution in [1.82, 2.24) is 4.90 Å². The van der Waals surface area contributed by atoms with Crippen LogP contribution in [0, 0.1) is 0 Å². The molecule has 2 heterocycles. The molecule has 152 valence electrons. The van der Waals surface area contributed by atoms with Crippen LogP contribution in [-0.2, 0) is 14.9 Å². The highest BCUT2D eigenvalue weighted by Gasteiger charge is 2.47. The molecule has 0 unspecified atom stereocenters. The molecule has 1 spiro atoms. The van der Waals surface area contributed by atoms with Gasteiger partial charge in [0.1, 0.15) is 19.3 Å². The van der Waals surface area contributed by atoms with E-state index < -0.39 is 6.10 Å². The quantitative estimate of drug-likeness (QED) is 0.564. The first-order valence-electron chi connectivity index (χ1n) is 10.5. The topological polar surface area (TPSA) is 48.0 Å². The molecule has 3 aliphatic rings. The number of fused-ring (bicyclic) bond motifs is 3. The van der Waals surface area contributed by atoms with Gasteiger partial charge in [0.2, 0.25) is 0 Å². The van der Waals surface area contributed by atoms with Crippen molar-refractivity contribution in [3.8, 4) is 11.5 Å². The Bertz CT molecular complexity index is 753. The highest BCUT2D eigenvalue weighted by atomic mass is 16.6. The summed E-state index contributed by atoms with van der Waals surface area (Å²) in [7, 11) is 0. The molecular weight excluding hydrogens is 354 g/mol. The summed E-state index contributed by atoms with van der Waals surface area (Å²) in [4.78, 5) is 15.3. The fourth-order valence-electron chi connectivity index (χ4n) is 5.01. The molecule has 0 saturated heterocycles. The molecule has 1 amide bonds. The van der Waals surface area contributed by atoms with Gasteiger partial charge in [0, 0.05) is 12.0 Å². The lowest BCUT2D eigenvalue weighted by molar-refractivity contribution is -0.146. The zero-order valence-electron chi connectivity index (χ0n) is 17.0. The molecule has 0 N–H and O–H groups in total. The number of rotatable bonds is 5. The Balaban J connectivity index is 1.67. The van der Waals surface area contributed by atoms with E-state index in [2.05, 4.69) is 25.6 Å². The van der Waals surface area contributed by atoms with Crippen LogP contribution in [0.2, 0.25) is 0 Å². The van der Waals surface area contributed by atoms with E-state index in [9.17, 15) is 4.79 Å². The second-order valence-electron chi connectivity index (χ2n) is 8.30. The van der Waals surface area contributed by atoms with Gasteiger partial charge in [0.15, 0.2) is 11.5 Å². The van der Waals surface area contributed by atoms with Crippen molar-refractivity contribution in [1.29, 1.82) is 0 Å². The third kappa shape index (κ3) is 3.30. The summed E-state index contributed by atoms with van der Waals surface area (Å²) in [5, 5.41) is 0. The summed E-state index contributed by atoms with van der Waals surface area (Å²) < 4.78 is 17.5. The molecule has 0 bridgehead atoms. The van der Waals surface area contributed by atoms with Gasteiger partial charge in [0.25, 0.3) is 5.91 Å². The molecule has 28 heavy (non-hydrogen) atoms. The summed E-state index contributed by atoms with van der Waals surface area (Å²) in [6.07, 6.45) is 6.76. The second kappa shape index (κ2) is 7.78. The lowest BCUT2D eigenvalue weighted by Gasteiger charge is -2.47. The Hall–Kier alpha value is -2.01. The highest BCUT2D eigenvalue weighted by molar-refractivity contribution is 5.81. The van der Waals surface area contributed by atoms with E-state index in [4.69, 9.17) is 14.2 Å². The first kappa shape index (κ1) is 19.3. The van der Waals surface area contributed by atoms with E-state index >= 15 is 0 Å². The molecule has 4 rings (SSSR count). The van der Waals surface area contributed by atoms with Crippen molar-refractivity contribution >= 4 is 5.91 Å². The molecule has 1 aromatic rings. The number of carbonyl (C=O) groups is 1. The van der Waals surface area contributed by atoms with E-state index in [0.29, 0.717) is 19.8 Å². The van der Waals surface area contributed by atoms with Gasteiger partial charge in [-0.2, -0.15) is 0 Å². The molecule has 1 fully saturated rings. The average Bonchev–Trinajstić information content (AvgIpc) is 3.18. The van der Waals surface area contributed by atoms with Gasteiger partial charge >= 0.3 is 0 Å². The number of carbonyl (C=O) groups excluding carboxylic acids is 1. The maximum Gasteiger partial charge on any atom is 0.251 e. The number of hydrogen-bond donors (Lipinski definition) is 0. The molecule has 5 nitrogen and oxygen atoms in total. The molecule has 2 aliphatic heterocycles. The maximum atomic E-state index is 13.3. The van der Waals surface area contributed by atoms with Crippen molar-refractivity contribution in [2.24, 2.45) is 0 Å². The van der Waals surface area contributed by atoms with Crippen LogP contribution in [0.4, 0.5) is 0 Å². The smallest absolute Gasteiger partial charge is 0.251 e. The number of ether oxygens (including phenoxy) is 3. The minimum Gasteiger partial charge on any atom is -0.486 e. The van der Waals surface area contributed by atoms with Crippen LogP contribution in [0.3, 0.4) is 0 Å². The largest absolute Gasteiger partial charge is 0.486 e. The van der Waals surface area contributed by atoms with Gasteiger partial charge in [0.05, 0.1) is 12.6 Å². The fraction of sp³-hybridized carbons (Fsp3) is 0.609. The monoisotopic (exact) mass is 385 g/mol. The Morgan fingerprint density at radius 1 is 1.32 bits per heavy atom. The predicted molar refractivity (Wildman–Crippen MR) is 108 cm³/mol. The van der Waals surface area contributed by atoms with Crippen molar-refractivity contribution in [2.75, 3.05) is 26.4 Å². The van der Waals surface area contributed by atoms with Crippen molar-refractivity contribution in [2.45, 2.75) is 63.5 Å². The van der Waals surface area contributed by atoms with Gasteiger partial charge in [-0.05, 0) is 56.4 Å². The minimum atomic E-state index is -0.445. The van der Waals surface area contributed by atoms with Crippen molar-refractivity contribution < 1.29 is 19.0 Å². The molecular formula is C23H31NO4. The van der Waals surface area contributed by atoms with Crippen LogP contribution >= 0.6 is 0 Å². The summed E-state index contributed by atoms with van der Waals surface area (Å²) in [5.41, 5.74) is 2.57. The van der Waals surface area contributed by atoms with Crippen LogP contribution in [0.5, 0.6) is 11.5 Å². The summed E-state index contributed by atoms with van der Waals surface area (Å²) in [6.45, 7) is 10.1. The first-order valence-corrected chi connectivity index (χ1v) is 10.5. The van der Waals surface area contributed by atoms with E-state index in [1.807, 2.05) is 17.9 Å². The summed E-state index contributed by atoms with van der Waals surface area (Å²) in [5.74, 6) is 1.72. The number of hydrogen-bond acceptors (Lipinski definition) is 4. The second-order valence-corrected chi connectivity index (χ2v) is 8.30. The molecule has 1 saturated carbocycles. The minimum absolute atomic E-state index is 0.00462. The van der Waals surface area contributed by atoms with Crippen LogP contribution in [0.15, 0.2) is 24.8 Å². The third-order valence-corrected chi connectivity index (χ3v) is 6.56. The average molecular weight is 386 g/mol. The zero-order chi connectivity index (χ0) is 19.7. The Morgan fingerprint density at radius 3 is 2.68 bits per heavy atom. The molecule has 0 radical (unpaired) electrons. The number of amides is 1. The van der Waals surface area contributed by atoms with E-state index in [1.54, 1.807) is 0 Å². The fourth-order valence-corrected chi connectivity index (χ4v) is 5.01. The van der Waals surface area contributed by atoms with Crippen molar-refractivity contribution in [3.63, 3.8) is 0 Å². The Labute approximate surface area is 167 Å². The predicted octanol–water partition coefficient (Wildman–Crippen LogP) is 4.15. The summed E-state index contributed by atoms with van der Waals surface area (Å²) >= 11 is 0.